The van der Waals surface area contributed by atoms with E-state index in [2.05, 4.69) is 162 Å². The van der Waals surface area contributed by atoms with Gasteiger partial charge in [0.25, 0.3) is 0 Å². The number of anilines is 2. The lowest BCUT2D eigenvalue weighted by atomic mass is 9.78. The average Bonchev–Trinajstić information content (AvgIpc) is 3.22. The van der Waals surface area contributed by atoms with Crippen molar-refractivity contribution in [3.05, 3.63) is 5.82 Å². The van der Waals surface area contributed by atoms with Gasteiger partial charge < -0.3 is 15.1 Å². The Morgan fingerprint density at radius 3 is 1.21 bits per heavy atom. The molecule has 0 spiro atoms. The van der Waals surface area contributed by atoms with Crippen molar-refractivity contribution < 1.29 is 14.5 Å². The molecule has 0 bridgehead atoms. The molecule has 67 heavy (non-hydrogen) atoms. The second-order valence-electron chi connectivity index (χ2n) is 25.1. The Balaban J connectivity index is 1.68. The molecule has 3 aliphatic heterocycles. The summed E-state index contributed by atoms with van der Waals surface area (Å²) in [5, 5.41) is 10.9. The van der Waals surface area contributed by atoms with E-state index in [0.717, 1.165) is 147 Å². The van der Waals surface area contributed by atoms with Gasteiger partial charge in [0, 0.05) is 69.9 Å². The van der Waals surface area contributed by atoms with Crippen LogP contribution in [0, 0.1) is 0 Å². The zero-order valence-electron chi connectivity index (χ0n) is 47.3. The number of nitrogens with one attached hydrogen (secondary N) is 1. The topological polar surface area (TPSA) is 94.6 Å². The predicted octanol–water partition coefficient (Wildman–Crippen LogP) is 12.6. The van der Waals surface area contributed by atoms with Crippen LogP contribution in [0.3, 0.4) is 0 Å². The number of hydroxylamine groups is 6. The first-order valence-electron chi connectivity index (χ1n) is 27.6. The van der Waals surface area contributed by atoms with Gasteiger partial charge in [0.15, 0.2) is 0 Å². The molecule has 3 fully saturated rings. The monoisotopic (exact) mass is 942 g/mol. The number of rotatable bonds is 27. The van der Waals surface area contributed by atoms with Crippen LogP contribution in [0.2, 0.25) is 0 Å². The molecule has 0 unspecified atom stereocenters. The van der Waals surface area contributed by atoms with Gasteiger partial charge in [-0.15, -0.1) is 0 Å². The quantitative estimate of drug-likeness (QED) is 0.0851. The lowest BCUT2D eigenvalue weighted by Gasteiger charge is -2.56. The molecular formula is C55H107N9O3. The minimum absolute atomic E-state index is 0.0130. The first kappa shape index (κ1) is 57.9. The third-order valence-corrected chi connectivity index (χ3v) is 15.6. The molecule has 12 heteroatoms. The standard InChI is InChI=1S/C55H107N9O3/c1-20-26-32-60(44-39-51(11,12)63(66-35-22-3)52(13,14)40-44)47-57-46(55(19,24-5)25-6)58-48(59-47)61(45-41-53(15,16)64(67-36-23-4)54(17,18)42-45)33-30-28-27-29-31-56-43-37-49(7,8)62(65-34-21-2)50(9,10)38-43/h43-45,56H,20-42H2,1-19H3. The molecule has 0 saturated carbocycles. The minimum atomic E-state index is -0.175. The van der Waals surface area contributed by atoms with E-state index >= 15 is 0 Å². The molecule has 4 heterocycles. The minimum Gasteiger partial charge on any atom is -0.338 e. The molecule has 3 saturated heterocycles. The molecule has 0 radical (unpaired) electrons. The molecule has 0 aliphatic carbocycles. The van der Waals surface area contributed by atoms with Gasteiger partial charge in [-0.05, 0) is 180 Å². The fraction of sp³-hybridized carbons (Fsp3) is 0.945. The van der Waals surface area contributed by atoms with Crippen molar-refractivity contribution in [2.75, 3.05) is 49.3 Å². The lowest BCUT2D eigenvalue weighted by molar-refractivity contribution is -0.283. The third-order valence-electron chi connectivity index (χ3n) is 15.6. The van der Waals surface area contributed by atoms with Gasteiger partial charge in [0.1, 0.15) is 5.82 Å². The number of aromatic nitrogens is 3. The summed E-state index contributed by atoms with van der Waals surface area (Å²) in [5.41, 5.74) is -0.867. The van der Waals surface area contributed by atoms with Gasteiger partial charge in [-0.2, -0.15) is 30.1 Å². The largest absolute Gasteiger partial charge is 0.338 e. The Morgan fingerprint density at radius 2 is 0.851 bits per heavy atom. The fourth-order valence-electron chi connectivity index (χ4n) is 12.6. The van der Waals surface area contributed by atoms with Crippen LogP contribution in [0.25, 0.3) is 0 Å². The highest BCUT2D eigenvalue weighted by atomic mass is 16.7. The summed E-state index contributed by atoms with van der Waals surface area (Å²) < 4.78 is 0. The predicted molar refractivity (Wildman–Crippen MR) is 282 cm³/mol. The molecule has 12 nitrogen and oxygen atoms in total. The maximum atomic E-state index is 6.57. The summed E-state index contributed by atoms with van der Waals surface area (Å²) in [6.45, 7) is 49.3. The Bertz CT molecular complexity index is 1570. The van der Waals surface area contributed by atoms with Crippen LogP contribution >= 0.6 is 0 Å². The first-order valence-corrected chi connectivity index (χ1v) is 27.6. The Morgan fingerprint density at radius 1 is 0.493 bits per heavy atom. The molecule has 1 aromatic rings. The van der Waals surface area contributed by atoms with Crippen molar-refractivity contribution in [2.45, 2.75) is 297 Å². The molecule has 0 atom stereocenters. The molecule has 1 N–H and O–H groups in total. The molecule has 3 aliphatic rings. The molecule has 0 aromatic carbocycles. The molecule has 1 aromatic heterocycles. The van der Waals surface area contributed by atoms with Gasteiger partial charge >= 0.3 is 0 Å². The van der Waals surface area contributed by atoms with E-state index in [4.69, 9.17) is 29.5 Å². The molecule has 390 valence electrons. The Labute approximate surface area is 413 Å². The van der Waals surface area contributed by atoms with E-state index in [1.54, 1.807) is 0 Å². The summed E-state index contributed by atoms with van der Waals surface area (Å²) in [6.07, 6.45) is 17.8. The second-order valence-corrected chi connectivity index (χ2v) is 25.1. The van der Waals surface area contributed by atoms with E-state index in [1.165, 1.54) is 19.3 Å². The molecule has 0 amide bonds. The Hall–Kier alpha value is -1.67. The van der Waals surface area contributed by atoms with Crippen molar-refractivity contribution >= 4 is 11.9 Å². The van der Waals surface area contributed by atoms with E-state index in [9.17, 15) is 0 Å². The van der Waals surface area contributed by atoms with Crippen molar-refractivity contribution in [1.82, 2.24) is 35.5 Å². The number of piperidine rings is 3. The van der Waals surface area contributed by atoms with Crippen LogP contribution in [0.4, 0.5) is 11.9 Å². The zero-order valence-corrected chi connectivity index (χ0v) is 47.3. The Kier molecular flexibility index (Phi) is 20.9. The van der Waals surface area contributed by atoms with Crippen molar-refractivity contribution in [3.63, 3.8) is 0 Å². The highest BCUT2D eigenvalue weighted by Crippen LogP contribution is 2.45. The molecular weight excluding hydrogens is 835 g/mol. The summed E-state index contributed by atoms with van der Waals surface area (Å²) in [6, 6.07) is 0.986. The third kappa shape index (κ3) is 14.7. The van der Waals surface area contributed by atoms with E-state index in [1.807, 2.05) is 0 Å². The van der Waals surface area contributed by atoms with Gasteiger partial charge in [-0.3, -0.25) is 14.5 Å². The SMILES string of the molecule is CCCCN(c1nc(N(CCCCCCNC2CC(C)(C)N(OCCC)C(C)(C)C2)C2CC(C)(C)N(OCCC)C(C)(C)C2)nc(C(C)(CC)CC)n1)C1CC(C)(C)N(OCCC)C(C)(C)C1. The lowest BCUT2D eigenvalue weighted by Crippen LogP contribution is -2.64. The highest BCUT2D eigenvalue weighted by molar-refractivity contribution is 5.43. The van der Waals surface area contributed by atoms with Crippen LogP contribution in [-0.4, -0.2) is 121 Å². The number of hydrogen-bond donors (Lipinski definition) is 1. The van der Waals surface area contributed by atoms with Crippen LogP contribution in [0.5, 0.6) is 0 Å². The van der Waals surface area contributed by atoms with E-state index in [-0.39, 0.29) is 50.7 Å². The summed E-state index contributed by atoms with van der Waals surface area (Å²) in [5.74, 6) is 2.65. The van der Waals surface area contributed by atoms with Crippen LogP contribution in [0.1, 0.15) is 247 Å². The van der Waals surface area contributed by atoms with Gasteiger partial charge in [0.05, 0.1) is 19.8 Å². The van der Waals surface area contributed by atoms with Crippen molar-refractivity contribution in [2.24, 2.45) is 0 Å². The van der Waals surface area contributed by atoms with Gasteiger partial charge in [-0.1, -0.05) is 67.7 Å². The maximum absolute atomic E-state index is 6.57. The van der Waals surface area contributed by atoms with Crippen LogP contribution < -0.4 is 15.1 Å². The first-order chi connectivity index (χ1) is 31.3. The smallest absolute Gasteiger partial charge is 0.230 e. The highest BCUT2D eigenvalue weighted by Gasteiger charge is 2.51. The second kappa shape index (κ2) is 24.2. The molecule has 4 rings (SSSR count). The van der Waals surface area contributed by atoms with Crippen molar-refractivity contribution in [3.8, 4) is 0 Å². The van der Waals surface area contributed by atoms with Gasteiger partial charge in [-0.25, -0.2) is 0 Å². The summed E-state index contributed by atoms with van der Waals surface area (Å²) >= 11 is 0. The zero-order chi connectivity index (χ0) is 50.1. The fourth-order valence-corrected chi connectivity index (χ4v) is 12.6. The van der Waals surface area contributed by atoms with E-state index in [0.29, 0.717) is 6.04 Å². The van der Waals surface area contributed by atoms with Crippen molar-refractivity contribution in [1.29, 1.82) is 0 Å². The number of unbranched alkanes of at least 4 members (excludes halogenated alkanes) is 4. The summed E-state index contributed by atoms with van der Waals surface area (Å²) in [7, 11) is 0. The number of nitrogens with zero attached hydrogens (tertiary/aromatic N) is 8. The normalized spacial score (nSPS) is 22.6. The van der Waals surface area contributed by atoms with Gasteiger partial charge in [0.2, 0.25) is 11.9 Å². The summed E-state index contributed by atoms with van der Waals surface area (Å²) in [4.78, 5) is 41.5. The number of hydrogen-bond acceptors (Lipinski definition) is 12. The van der Waals surface area contributed by atoms with Crippen LogP contribution in [-0.2, 0) is 19.9 Å². The van der Waals surface area contributed by atoms with Crippen LogP contribution in [0.15, 0.2) is 0 Å². The maximum Gasteiger partial charge on any atom is 0.230 e. The average molecular weight is 943 g/mol. The van der Waals surface area contributed by atoms with E-state index < -0.39 is 0 Å².